The van der Waals surface area contributed by atoms with Gasteiger partial charge in [-0.05, 0) is 12.5 Å². The Morgan fingerprint density at radius 3 is 2.79 bits per heavy atom. The van der Waals surface area contributed by atoms with E-state index in [-0.39, 0.29) is 22.9 Å². The molecule has 29 heavy (non-hydrogen) atoms. The molecule has 0 aliphatic rings. The van der Waals surface area contributed by atoms with Gasteiger partial charge < -0.3 is 0 Å². The maximum absolute atomic E-state index is 12.8. The van der Waals surface area contributed by atoms with Crippen LogP contribution in [0.15, 0.2) is 41.3 Å². The van der Waals surface area contributed by atoms with Gasteiger partial charge in [0, 0.05) is 17.9 Å². The van der Waals surface area contributed by atoms with E-state index in [1.54, 1.807) is 13.0 Å². The zero-order chi connectivity index (χ0) is 21.6. The molecule has 0 spiro atoms. The van der Waals surface area contributed by atoms with E-state index >= 15 is 0 Å². The van der Waals surface area contributed by atoms with Crippen LogP contribution in [-0.2, 0) is 14.8 Å². The van der Waals surface area contributed by atoms with E-state index in [0.29, 0.717) is 10.1 Å². The Kier molecular flexibility index (Phi) is 7.70. The monoisotopic (exact) mass is 457 g/mol. The fourth-order valence-electron chi connectivity index (χ4n) is 2.44. The molecule has 1 N–H and O–H groups in total. The third-order valence-corrected chi connectivity index (χ3v) is 6.73. The van der Waals surface area contributed by atoms with E-state index in [2.05, 4.69) is 22.1 Å². The largest absolute Gasteiger partial charge is 0.299 e. The maximum atomic E-state index is 12.8. The molecule has 1 aromatic heterocycles. The molecule has 0 aliphatic carbocycles. The van der Waals surface area contributed by atoms with Gasteiger partial charge in [-0.15, -0.1) is 16.8 Å². The van der Waals surface area contributed by atoms with Crippen LogP contribution in [0.1, 0.15) is 13.3 Å². The predicted molar refractivity (Wildman–Crippen MR) is 114 cm³/mol. The SMILES string of the molecule is C=CCSc1nnc(NC(=O)[C@H](CC)N(c2cccc([N+](=O)[O-])c2)S(C)(=O)=O)s1. The number of amides is 1. The molecule has 2 aromatic rings. The summed E-state index contributed by atoms with van der Waals surface area (Å²) in [6.45, 7) is 5.26. The smallest absolute Gasteiger partial charge is 0.271 e. The normalized spacial score (nSPS) is 12.2. The number of rotatable bonds is 10. The highest BCUT2D eigenvalue weighted by atomic mass is 32.2. The number of hydrogen-bond donors (Lipinski definition) is 1. The van der Waals surface area contributed by atoms with E-state index in [4.69, 9.17) is 0 Å². The minimum absolute atomic E-state index is 0.0307. The number of non-ortho nitro benzene ring substituents is 1. The average Bonchev–Trinajstić information content (AvgIpc) is 3.10. The highest BCUT2D eigenvalue weighted by Gasteiger charge is 2.32. The number of nitro benzene ring substituents is 1. The number of carbonyl (C=O) groups excluding carboxylic acids is 1. The highest BCUT2D eigenvalue weighted by molar-refractivity contribution is 8.01. The van der Waals surface area contributed by atoms with Gasteiger partial charge in [0.05, 0.1) is 16.9 Å². The number of hydrogen-bond acceptors (Lipinski definition) is 9. The standard InChI is InChI=1S/C16H19N5O5S3/c1-4-9-27-16-19-18-15(28-16)17-14(22)13(5-2)20(29(3,25)26)11-7-6-8-12(10-11)21(23)24/h4,6-8,10,13H,1,5,9H2,2-3H3,(H,17,18,22)/t13-/m0/s1. The van der Waals surface area contributed by atoms with Crippen LogP contribution in [-0.4, -0.2) is 47.5 Å². The summed E-state index contributed by atoms with van der Waals surface area (Å²) in [5.41, 5.74) is -0.248. The highest BCUT2D eigenvalue weighted by Crippen LogP contribution is 2.28. The molecule has 0 saturated heterocycles. The van der Waals surface area contributed by atoms with Crippen molar-refractivity contribution in [1.82, 2.24) is 10.2 Å². The molecule has 1 aromatic carbocycles. The van der Waals surface area contributed by atoms with Gasteiger partial charge in [0.15, 0.2) is 4.34 Å². The lowest BCUT2D eigenvalue weighted by atomic mass is 10.2. The first-order chi connectivity index (χ1) is 13.7. The Hall–Kier alpha value is -2.51. The fourth-order valence-corrected chi connectivity index (χ4v) is 5.16. The topological polar surface area (TPSA) is 135 Å². The van der Waals surface area contributed by atoms with Crippen LogP contribution in [0, 0.1) is 10.1 Å². The number of thioether (sulfide) groups is 1. The van der Waals surface area contributed by atoms with Crippen LogP contribution >= 0.6 is 23.1 Å². The summed E-state index contributed by atoms with van der Waals surface area (Å²) < 4.78 is 26.4. The predicted octanol–water partition coefficient (Wildman–Crippen LogP) is 2.91. The third-order valence-electron chi connectivity index (χ3n) is 3.59. The number of anilines is 2. The van der Waals surface area contributed by atoms with Crippen molar-refractivity contribution in [3.05, 3.63) is 47.0 Å². The van der Waals surface area contributed by atoms with Crippen molar-refractivity contribution in [3.63, 3.8) is 0 Å². The number of nitrogens with zero attached hydrogens (tertiary/aromatic N) is 4. The summed E-state index contributed by atoms with van der Waals surface area (Å²) in [6.07, 6.45) is 2.79. The summed E-state index contributed by atoms with van der Waals surface area (Å²) in [7, 11) is -3.91. The first kappa shape index (κ1) is 22.8. The van der Waals surface area contributed by atoms with Gasteiger partial charge in [0.2, 0.25) is 21.1 Å². The second kappa shape index (κ2) is 9.80. The molecule has 1 amide bonds. The molecule has 1 heterocycles. The zero-order valence-electron chi connectivity index (χ0n) is 15.6. The molecule has 156 valence electrons. The van der Waals surface area contributed by atoms with E-state index in [1.165, 1.54) is 30.0 Å². The van der Waals surface area contributed by atoms with Crippen molar-refractivity contribution in [3.8, 4) is 0 Å². The minimum atomic E-state index is -3.91. The Bertz CT molecular complexity index is 1010. The molecule has 2 rings (SSSR count). The lowest BCUT2D eigenvalue weighted by molar-refractivity contribution is -0.384. The van der Waals surface area contributed by atoms with E-state index in [1.807, 2.05) is 0 Å². The van der Waals surface area contributed by atoms with Gasteiger partial charge in [-0.3, -0.25) is 24.5 Å². The lowest BCUT2D eigenvalue weighted by Gasteiger charge is -2.29. The van der Waals surface area contributed by atoms with Crippen molar-refractivity contribution in [2.45, 2.75) is 23.7 Å². The summed E-state index contributed by atoms with van der Waals surface area (Å²) in [6, 6.07) is 4.00. The summed E-state index contributed by atoms with van der Waals surface area (Å²) in [5, 5.41) is 21.7. The summed E-state index contributed by atoms with van der Waals surface area (Å²) in [4.78, 5) is 23.2. The van der Waals surface area contributed by atoms with E-state index < -0.39 is 26.9 Å². The second-order valence-corrected chi connectivity index (χ2v) is 9.83. The average molecular weight is 458 g/mol. The number of benzene rings is 1. The van der Waals surface area contributed by atoms with Gasteiger partial charge in [-0.25, -0.2) is 8.42 Å². The molecule has 10 nitrogen and oxygen atoms in total. The molecular formula is C16H19N5O5S3. The van der Waals surface area contributed by atoms with Gasteiger partial charge in [-0.2, -0.15) is 0 Å². The van der Waals surface area contributed by atoms with Crippen molar-refractivity contribution in [2.24, 2.45) is 0 Å². The molecule has 0 radical (unpaired) electrons. The number of nitro groups is 1. The first-order valence-corrected chi connectivity index (χ1v) is 11.9. The number of carbonyl (C=O) groups is 1. The van der Waals surface area contributed by atoms with Crippen molar-refractivity contribution in [2.75, 3.05) is 21.6 Å². The fraction of sp³-hybridized carbons (Fsp3) is 0.312. The van der Waals surface area contributed by atoms with E-state index in [9.17, 15) is 23.3 Å². The second-order valence-electron chi connectivity index (χ2n) is 5.72. The van der Waals surface area contributed by atoms with Crippen molar-refractivity contribution >= 4 is 55.5 Å². The molecule has 0 unspecified atom stereocenters. The lowest BCUT2D eigenvalue weighted by Crippen LogP contribution is -2.47. The summed E-state index contributed by atoms with van der Waals surface area (Å²) >= 11 is 2.55. The molecule has 0 fully saturated rings. The number of nitrogens with one attached hydrogen (secondary N) is 1. The third kappa shape index (κ3) is 5.98. The number of aromatic nitrogens is 2. The van der Waals surface area contributed by atoms with Crippen molar-refractivity contribution < 1.29 is 18.1 Å². The molecule has 0 aliphatic heterocycles. The Labute approximate surface area is 176 Å². The Morgan fingerprint density at radius 2 is 2.21 bits per heavy atom. The number of sulfonamides is 1. The Morgan fingerprint density at radius 1 is 1.48 bits per heavy atom. The minimum Gasteiger partial charge on any atom is -0.299 e. The first-order valence-electron chi connectivity index (χ1n) is 8.29. The van der Waals surface area contributed by atoms with Gasteiger partial charge >= 0.3 is 0 Å². The Balaban J connectivity index is 2.32. The summed E-state index contributed by atoms with van der Waals surface area (Å²) in [5.74, 6) is 0.0234. The molecule has 0 saturated carbocycles. The van der Waals surface area contributed by atoms with Gasteiger partial charge in [-0.1, -0.05) is 42.2 Å². The van der Waals surface area contributed by atoms with E-state index in [0.717, 1.165) is 28.0 Å². The van der Waals surface area contributed by atoms with Crippen LogP contribution < -0.4 is 9.62 Å². The molecule has 0 bridgehead atoms. The van der Waals surface area contributed by atoms with Crippen LogP contribution in [0.3, 0.4) is 0 Å². The van der Waals surface area contributed by atoms with Crippen LogP contribution in [0.25, 0.3) is 0 Å². The quantitative estimate of drug-likeness (QED) is 0.189. The molecule has 1 atom stereocenters. The van der Waals surface area contributed by atoms with Gasteiger partial charge in [0.1, 0.15) is 6.04 Å². The zero-order valence-corrected chi connectivity index (χ0v) is 18.1. The molecular weight excluding hydrogens is 438 g/mol. The van der Waals surface area contributed by atoms with Crippen molar-refractivity contribution in [1.29, 1.82) is 0 Å². The maximum Gasteiger partial charge on any atom is 0.271 e. The van der Waals surface area contributed by atoms with Crippen LogP contribution in [0.2, 0.25) is 0 Å². The molecule has 13 heteroatoms. The van der Waals surface area contributed by atoms with Crippen LogP contribution in [0.4, 0.5) is 16.5 Å². The van der Waals surface area contributed by atoms with Crippen LogP contribution in [0.5, 0.6) is 0 Å². The van der Waals surface area contributed by atoms with Gasteiger partial charge in [0.25, 0.3) is 5.69 Å².